The maximum Gasteiger partial charge on any atom is 0.120 e. The van der Waals surface area contributed by atoms with Gasteiger partial charge in [-0.15, -0.1) is 0 Å². The number of halogens is 1. The van der Waals surface area contributed by atoms with E-state index in [-0.39, 0.29) is 12.6 Å². The number of aliphatic hydroxyl groups excluding tert-OH is 1. The first-order valence-corrected chi connectivity index (χ1v) is 12.9. The van der Waals surface area contributed by atoms with Crippen molar-refractivity contribution in [3.8, 4) is 5.75 Å². The average molecular weight is 510 g/mol. The van der Waals surface area contributed by atoms with Gasteiger partial charge in [-0.3, -0.25) is 9.88 Å². The monoisotopic (exact) mass is 509 g/mol. The van der Waals surface area contributed by atoms with Gasteiger partial charge >= 0.3 is 0 Å². The SMILES string of the molecule is CCCOc1ccc(N2CCN(C[C@@](C)(O)c3ccc(CO)nc3)C[C@H]2c2ccc(C)cc2)c(Cl)c1. The second kappa shape index (κ2) is 11.6. The van der Waals surface area contributed by atoms with Crippen LogP contribution in [0, 0.1) is 6.92 Å². The minimum absolute atomic E-state index is 0.0740. The van der Waals surface area contributed by atoms with Crippen molar-refractivity contribution >= 4 is 17.3 Å². The molecule has 192 valence electrons. The maximum atomic E-state index is 11.3. The number of β-amino-alcohol motifs (C(OH)–C–C–N with tert-alkyl or cyclic N) is 1. The number of anilines is 1. The fourth-order valence-corrected chi connectivity index (χ4v) is 5.02. The number of rotatable bonds is 9. The number of ether oxygens (including phenoxy) is 1. The van der Waals surface area contributed by atoms with E-state index >= 15 is 0 Å². The minimum atomic E-state index is -1.07. The van der Waals surface area contributed by atoms with Gasteiger partial charge in [0.2, 0.25) is 0 Å². The molecule has 0 unspecified atom stereocenters. The molecule has 1 aliphatic rings. The predicted molar refractivity (Wildman–Crippen MR) is 145 cm³/mol. The Morgan fingerprint density at radius 3 is 2.53 bits per heavy atom. The van der Waals surface area contributed by atoms with E-state index in [1.807, 2.05) is 25.1 Å². The van der Waals surface area contributed by atoms with Gasteiger partial charge in [0.05, 0.1) is 35.7 Å². The zero-order chi connectivity index (χ0) is 25.7. The molecule has 1 saturated heterocycles. The van der Waals surface area contributed by atoms with Crippen LogP contribution in [0.1, 0.15) is 48.7 Å². The van der Waals surface area contributed by atoms with Gasteiger partial charge in [0.25, 0.3) is 0 Å². The molecular weight excluding hydrogens is 474 g/mol. The molecule has 1 aromatic heterocycles. The topological polar surface area (TPSA) is 69.1 Å². The van der Waals surface area contributed by atoms with Crippen molar-refractivity contribution in [2.45, 2.75) is 45.4 Å². The highest BCUT2D eigenvalue weighted by atomic mass is 35.5. The molecule has 1 fully saturated rings. The maximum absolute atomic E-state index is 11.3. The molecule has 36 heavy (non-hydrogen) atoms. The summed E-state index contributed by atoms with van der Waals surface area (Å²) in [7, 11) is 0. The van der Waals surface area contributed by atoms with E-state index in [1.165, 1.54) is 11.1 Å². The number of hydrogen-bond donors (Lipinski definition) is 2. The third-order valence-electron chi connectivity index (χ3n) is 6.77. The van der Waals surface area contributed by atoms with Gasteiger partial charge < -0.3 is 19.8 Å². The van der Waals surface area contributed by atoms with Crippen molar-refractivity contribution in [2.75, 3.05) is 37.7 Å². The summed E-state index contributed by atoms with van der Waals surface area (Å²) in [5, 5.41) is 21.3. The number of benzene rings is 2. The Morgan fingerprint density at radius 2 is 1.89 bits per heavy atom. The highest BCUT2D eigenvalue weighted by molar-refractivity contribution is 6.33. The Kier molecular flexibility index (Phi) is 8.52. The first kappa shape index (κ1) is 26.4. The van der Waals surface area contributed by atoms with E-state index in [0.29, 0.717) is 23.9 Å². The molecule has 1 aliphatic heterocycles. The molecule has 2 atom stereocenters. The molecule has 4 rings (SSSR count). The smallest absolute Gasteiger partial charge is 0.120 e. The fraction of sp³-hybridized carbons (Fsp3) is 0.414. The van der Waals surface area contributed by atoms with Crippen molar-refractivity contribution in [1.29, 1.82) is 0 Å². The lowest BCUT2D eigenvalue weighted by Crippen LogP contribution is -2.52. The standard InChI is InChI=1S/C29H36ClN3O3/c1-4-15-36-25-11-12-27(26(30)16-25)33-14-13-32(18-28(33)22-7-5-21(2)6-8-22)20-29(3,35)23-9-10-24(19-34)31-17-23/h5-12,16-17,28,34-35H,4,13-15,18-20H2,1-3H3/t28-,29+/m0/s1. The van der Waals surface area contributed by atoms with Gasteiger partial charge in [0.1, 0.15) is 11.4 Å². The van der Waals surface area contributed by atoms with E-state index in [2.05, 4.69) is 59.0 Å². The third-order valence-corrected chi connectivity index (χ3v) is 7.07. The number of nitrogens with zero attached hydrogens (tertiary/aromatic N) is 3. The highest BCUT2D eigenvalue weighted by Gasteiger charge is 2.34. The van der Waals surface area contributed by atoms with Crippen LogP contribution >= 0.6 is 11.6 Å². The van der Waals surface area contributed by atoms with E-state index in [0.717, 1.165) is 43.1 Å². The Bertz CT molecular complexity index is 1140. The molecule has 2 N–H and O–H groups in total. The number of pyridine rings is 1. The Labute approximate surface area is 219 Å². The van der Waals surface area contributed by atoms with Crippen LogP contribution < -0.4 is 9.64 Å². The summed E-state index contributed by atoms with van der Waals surface area (Å²) in [6.45, 7) is 9.31. The molecule has 0 amide bonds. The normalized spacial score (nSPS) is 18.2. The van der Waals surface area contributed by atoms with Crippen molar-refractivity contribution < 1.29 is 14.9 Å². The third kappa shape index (κ3) is 6.19. The second-order valence-corrected chi connectivity index (χ2v) is 10.2. The lowest BCUT2D eigenvalue weighted by Gasteiger charge is -2.45. The molecule has 2 heterocycles. The van der Waals surface area contributed by atoms with Crippen molar-refractivity contribution in [2.24, 2.45) is 0 Å². The van der Waals surface area contributed by atoms with Gasteiger partial charge in [-0.2, -0.15) is 0 Å². The lowest BCUT2D eigenvalue weighted by molar-refractivity contribution is 0.00997. The summed E-state index contributed by atoms with van der Waals surface area (Å²) in [5.41, 5.74) is 3.67. The number of aliphatic hydroxyl groups is 2. The summed E-state index contributed by atoms with van der Waals surface area (Å²) in [5.74, 6) is 0.785. The largest absolute Gasteiger partial charge is 0.494 e. The Balaban J connectivity index is 1.57. The van der Waals surface area contributed by atoms with Crippen LogP contribution in [0.3, 0.4) is 0 Å². The molecular formula is C29H36ClN3O3. The first-order valence-electron chi connectivity index (χ1n) is 12.6. The lowest BCUT2D eigenvalue weighted by atomic mass is 9.94. The van der Waals surface area contributed by atoms with Crippen molar-refractivity contribution in [3.05, 3.63) is 88.2 Å². The molecule has 0 bridgehead atoms. The number of hydrogen-bond acceptors (Lipinski definition) is 6. The molecule has 3 aromatic rings. The molecule has 0 aliphatic carbocycles. The van der Waals surface area contributed by atoms with Crippen LogP contribution in [0.2, 0.25) is 5.02 Å². The Hall–Kier alpha value is -2.64. The second-order valence-electron chi connectivity index (χ2n) is 9.79. The number of aromatic nitrogens is 1. The summed E-state index contributed by atoms with van der Waals surface area (Å²) in [4.78, 5) is 8.91. The minimum Gasteiger partial charge on any atom is -0.494 e. The summed E-state index contributed by atoms with van der Waals surface area (Å²) >= 11 is 6.77. The van der Waals surface area contributed by atoms with Gasteiger partial charge in [0.15, 0.2) is 0 Å². The number of piperazine rings is 1. The van der Waals surface area contributed by atoms with E-state index in [9.17, 15) is 10.2 Å². The van der Waals surface area contributed by atoms with E-state index in [4.69, 9.17) is 16.3 Å². The molecule has 0 spiro atoms. The zero-order valence-corrected chi connectivity index (χ0v) is 22.1. The average Bonchev–Trinajstić information content (AvgIpc) is 2.88. The summed E-state index contributed by atoms with van der Waals surface area (Å²) < 4.78 is 5.77. The van der Waals surface area contributed by atoms with Crippen molar-refractivity contribution in [3.63, 3.8) is 0 Å². The van der Waals surface area contributed by atoms with Crippen LogP contribution in [-0.4, -0.2) is 52.9 Å². The molecule has 0 saturated carbocycles. The quantitative estimate of drug-likeness (QED) is 0.418. The fourth-order valence-electron chi connectivity index (χ4n) is 4.74. The van der Waals surface area contributed by atoms with Gasteiger partial charge in [-0.1, -0.05) is 54.4 Å². The highest BCUT2D eigenvalue weighted by Crippen LogP contribution is 2.38. The first-order chi connectivity index (χ1) is 17.3. The van der Waals surface area contributed by atoms with E-state index in [1.54, 1.807) is 12.3 Å². The zero-order valence-electron chi connectivity index (χ0n) is 21.3. The van der Waals surface area contributed by atoms with Crippen LogP contribution in [0.5, 0.6) is 5.75 Å². The van der Waals surface area contributed by atoms with Gasteiger partial charge in [-0.25, -0.2) is 0 Å². The van der Waals surface area contributed by atoms with Crippen LogP contribution in [0.25, 0.3) is 0 Å². The molecule has 7 heteroatoms. The summed E-state index contributed by atoms with van der Waals surface area (Å²) in [6.07, 6.45) is 2.60. The Morgan fingerprint density at radius 1 is 1.11 bits per heavy atom. The molecule has 0 radical (unpaired) electrons. The van der Waals surface area contributed by atoms with Crippen molar-refractivity contribution in [1.82, 2.24) is 9.88 Å². The number of aryl methyl sites for hydroxylation is 1. The van der Waals surface area contributed by atoms with Gasteiger partial charge in [0, 0.05) is 44.0 Å². The summed E-state index contributed by atoms with van der Waals surface area (Å²) in [6, 6.07) is 18.3. The van der Waals surface area contributed by atoms with E-state index < -0.39 is 5.60 Å². The predicted octanol–water partition coefficient (Wildman–Crippen LogP) is 5.10. The van der Waals surface area contributed by atoms with Gasteiger partial charge in [-0.05, 0) is 44.0 Å². The van der Waals surface area contributed by atoms with Crippen LogP contribution in [-0.2, 0) is 12.2 Å². The molecule has 2 aromatic carbocycles. The molecule has 6 nitrogen and oxygen atoms in total. The van der Waals surface area contributed by atoms with Crippen LogP contribution in [0.15, 0.2) is 60.8 Å². The van der Waals surface area contributed by atoms with Crippen LogP contribution in [0.4, 0.5) is 5.69 Å².